The third-order valence-electron chi connectivity index (χ3n) is 4.44. The van der Waals surface area contributed by atoms with Gasteiger partial charge in [0.15, 0.2) is 9.84 Å². The molecule has 9 heteroatoms. The fraction of sp³-hybridized carbons (Fsp3) is 0.368. The largest absolute Gasteiger partial charge is 0.493 e. The van der Waals surface area contributed by atoms with Gasteiger partial charge in [-0.05, 0) is 54.4 Å². The van der Waals surface area contributed by atoms with Crippen molar-refractivity contribution in [2.75, 3.05) is 19.7 Å². The third-order valence-corrected chi connectivity index (χ3v) is 8.39. The van der Waals surface area contributed by atoms with Gasteiger partial charge in [0, 0.05) is 13.1 Å². The first kappa shape index (κ1) is 20.8. The number of sulfone groups is 1. The molecule has 6 nitrogen and oxygen atoms in total. The van der Waals surface area contributed by atoms with Gasteiger partial charge in [-0.1, -0.05) is 13.8 Å². The van der Waals surface area contributed by atoms with E-state index in [4.69, 9.17) is 4.74 Å². The minimum absolute atomic E-state index is 0.0115. The zero-order valence-corrected chi connectivity index (χ0v) is 17.2. The Kier molecular flexibility index (Phi) is 5.79. The van der Waals surface area contributed by atoms with E-state index in [9.17, 15) is 21.2 Å². The van der Waals surface area contributed by atoms with E-state index in [0.717, 1.165) is 16.4 Å². The summed E-state index contributed by atoms with van der Waals surface area (Å²) in [6, 6.07) is 10.6. The van der Waals surface area contributed by atoms with Crippen molar-refractivity contribution in [3.8, 4) is 5.75 Å². The lowest BCUT2D eigenvalue weighted by atomic mass is 10.2. The molecular formula is C19H22FNO5S2. The predicted octanol–water partition coefficient (Wildman–Crippen LogP) is 2.71. The SMILES string of the molecule is CC(C)COc1ccc(S(=O)(=O)N2CC(S(=O)(=O)c3ccc(F)cc3)C2)cc1. The summed E-state index contributed by atoms with van der Waals surface area (Å²) >= 11 is 0. The Balaban J connectivity index is 1.68. The molecule has 1 aliphatic heterocycles. The molecule has 152 valence electrons. The van der Waals surface area contributed by atoms with Crippen LogP contribution in [0.4, 0.5) is 4.39 Å². The Morgan fingerprint density at radius 3 is 2.04 bits per heavy atom. The van der Waals surface area contributed by atoms with Crippen LogP contribution in [-0.2, 0) is 19.9 Å². The first-order valence-corrected chi connectivity index (χ1v) is 11.8. The fourth-order valence-corrected chi connectivity index (χ4v) is 6.10. The van der Waals surface area contributed by atoms with Gasteiger partial charge in [0.2, 0.25) is 10.0 Å². The maximum Gasteiger partial charge on any atom is 0.243 e. The van der Waals surface area contributed by atoms with E-state index in [1.54, 1.807) is 12.1 Å². The van der Waals surface area contributed by atoms with Crippen molar-refractivity contribution in [1.82, 2.24) is 4.31 Å². The lowest BCUT2D eigenvalue weighted by molar-refractivity contribution is 0.271. The number of hydrogen-bond acceptors (Lipinski definition) is 5. The summed E-state index contributed by atoms with van der Waals surface area (Å²) in [6.45, 7) is 4.29. The molecule has 0 saturated carbocycles. The van der Waals surface area contributed by atoms with Crippen LogP contribution in [0.15, 0.2) is 58.3 Å². The highest BCUT2D eigenvalue weighted by molar-refractivity contribution is 7.92. The summed E-state index contributed by atoms with van der Waals surface area (Å²) in [7, 11) is -7.49. The van der Waals surface area contributed by atoms with Crippen molar-refractivity contribution >= 4 is 19.9 Å². The van der Waals surface area contributed by atoms with Gasteiger partial charge in [-0.25, -0.2) is 21.2 Å². The molecule has 1 saturated heterocycles. The standard InChI is InChI=1S/C19H22FNO5S2/c1-14(2)13-26-16-5-9-18(10-6-16)28(24,25)21-11-19(12-21)27(22,23)17-7-3-15(20)4-8-17/h3-10,14,19H,11-13H2,1-2H3. The molecule has 1 fully saturated rings. The smallest absolute Gasteiger partial charge is 0.243 e. The van der Waals surface area contributed by atoms with Crippen molar-refractivity contribution < 1.29 is 26.0 Å². The highest BCUT2D eigenvalue weighted by Crippen LogP contribution is 2.29. The van der Waals surface area contributed by atoms with E-state index in [-0.39, 0.29) is 22.9 Å². The summed E-state index contributed by atoms with van der Waals surface area (Å²) < 4.78 is 70.1. The van der Waals surface area contributed by atoms with Crippen molar-refractivity contribution in [2.24, 2.45) is 5.92 Å². The topological polar surface area (TPSA) is 80.8 Å². The summed E-state index contributed by atoms with van der Waals surface area (Å²) in [5.74, 6) is 0.398. The molecule has 0 bridgehead atoms. The summed E-state index contributed by atoms with van der Waals surface area (Å²) in [4.78, 5) is 0.0737. The molecule has 2 aromatic carbocycles. The molecule has 2 aromatic rings. The van der Waals surface area contributed by atoms with Crippen LogP contribution in [-0.4, -0.2) is 46.1 Å². The highest BCUT2D eigenvalue weighted by atomic mass is 32.2. The zero-order chi connectivity index (χ0) is 20.5. The number of benzene rings is 2. The Morgan fingerprint density at radius 2 is 1.50 bits per heavy atom. The number of halogens is 1. The van der Waals surface area contributed by atoms with Crippen molar-refractivity contribution in [2.45, 2.75) is 28.9 Å². The average Bonchev–Trinajstić information content (AvgIpc) is 2.59. The van der Waals surface area contributed by atoms with E-state index in [2.05, 4.69) is 0 Å². The molecule has 28 heavy (non-hydrogen) atoms. The normalized spacial score (nSPS) is 16.1. The molecule has 0 unspecified atom stereocenters. The number of nitrogens with zero attached hydrogens (tertiary/aromatic N) is 1. The first-order chi connectivity index (χ1) is 13.1. The lowest BCUT2D eigenvalue weighted by Crippen LogP contribution is -2.56. The molecule has 3 rings (SSSR count). The minimum Gasteiger partial charge on any atom is -0.493 e. The molecule has 0 aliphatic carbocycles. The Morgan fingerprint density at radius 1 is 0.964 bits per heavy atom. The number of sulfonamides is 1. The number of ether oxygens (including phenoxy) is 1. The monoisotopic (exact) mass is 427 g/mol. The third kappa shape index (κ3) is 4.21. The number of hydrogen-bond donors (Lipinski definition) is 0. The van der Waals surface area contributed by atoms with Crippen LogP contribution in [0.25, 0.3) is 0 Å². The average molecular weight is 428 g/mol. The van der Waals surface area contributed by atoms with Crippen LogP contribution in [0.2, 0.25) is 0 Å². The van der Waals surface area contributed by atoms with Gasteiger partial charge in [0.25, 0.3) is 0 Å². The maximum atomic E-state index is 13.0. The van der Waals surface area contributed by atoms with Gasteiger partial charge in [-0.15, -0.1) is 0 Å². The Bertz CT molecular complexity index is 1030. The minimum atomic E-state index is -3.78. The number of rotatable bonds is 7. The van der Waals surface area contributed by atoms with E-state index >= 15 is 0 Å². The Labute approximate surface area is 164 Å². The van der Waals surface area contributed by atoms with E-state index in [1.165, 1.54) is 24.3 Å². The maximum absolute atomic E-state index is 13.0. The van der Waals surface area contributed by atoms with Gasteiger partial charge >= 0.3 is 0 Å². The van der Waals surface area contributed by atoms with Gasteiger partial charge in [0.05, 0.1) is 21.6 Å². The van der Waals surface area contributed by atoms with Crippen LogP contribution < -0.4 is 4.74 Å². The lowest BCUT2D eigenvalue weighted by Gasteiger charge is -2.37. The summed E-state index contributed by atoms with van der Waals surface area (Å²) in [5.41, 5.74) is 0. The fourth-order valence-electron chi connectivity index (χ4n) is 2.73. The first-order valence-electron chi connectivity index (χ1n) is 8.83. The van der Waals surface area contributed by atoms with E-state index in [1.807, 2.05) is 13.8 Å². The molecule has 1 aliphatic rings. The highest BCUT2D eigenvalue weighted by Gasteiger charge is 2.44. The van der Waals surface area contributed by atoms with Crippen LogP contribution in [0.3, 0.4) is 0 Å². The second-order valence-electron chi connectivity index (χ2n) is 7.12. The summed E-state index contributed by atoms with van der Waals surface area (Å²) in [5, 5.41) is -0.846. The Hall–Kier alpha value is -1.97. The van der Waals surface area contributed by atoms with Crippen molar-refractivity contribution in [3.05, 3.63) is 54.3 Å². The van der Waals surface area contributed by atoms with Crippen LogP contribution in [0.1, 0.15) is 13.8 Å². The molecule has 0 atom stereocenters. The molecule has 0 N–H and O–H groups in total. The van der Waals surface area contributed by atoms with Gasteiger partial charge in [-0.3, -0.25) is 0 Å². The molecule has 0 aromatic heterocycles. The second-order valence-corrected chi connectivity index (χ2v) is 11.3. The van der Waals surface area contributed by atoms with E-state index < -0.39 is 30.9 Å². The summed E-state index contributed by atoms with van der Waals surface area (Å²) in [6.07, 6.45) is 0. The van der Waals surface area contributed by atoms with Crippen molar-refractivity contribution in [3.63, 3.8) is 0 Å². The molecular weight excluding hydrogens is 405 g/mol. The quantitative estimate of drug-likeness (QED) is 0.635. The van der Waals surface area contributed by atoms with Gasteiger partial charge in [0.1, 0.15) is 11.6 Å². The molecule has 0 amide bonds. The predicted molar refractivity (Wildman–Crippen MR) is 103 cm³/mol. The van der Waals surface area contributed by atoms with Gasteiger partial charge in [-0.2, -0.15) is 4.31 Å². The second kappa shape index (κ2) is 7.81. The molecule has 1 heterocycles. The molecule has 0 spiro atoms. The van der Waals surface area contributed by atoms with Crippen molar-refractivity contribution in [1.29, 1.82) is 0 Å². The zero-order valence-electron chi connectivity index (χ0n) is 15.6. The van der Waals surface area contributed by atoms with Gasteiger partial charge < -0.3 is 4.74 Å². The van der Waals surface area contributed by atoms with Crippen LogP contribution >= 0.6 is 0 Å². The molecule has 0 radical (unpaired) electrons. The van der Waals surface area contributed by atoms with Crippen LogP contribution in [0, 0.1) is 11.7 Å². The van der Waals surface area contributed by atoms with E-state index in [0.29, 0.717) is 18.3 Å². The van der Waals surface area contributed by atoms with Crippen LogP contribution in [0.5, 0.6) is 5.75 Å².